The monoisotopic (exact) mass is 219 g/mol. The lowest BCUT2D eigenvalue weighted by Gasteiger charge is -2.27. The van der Waals surface area contributed by atoms with Crippen LogP contribution in [0.2, 0.25) is 0 Å². The zero-order chi connectivity index (χ0) is 12.1. The predicted molar refractivity (Wildman–Crippen MR) is 68.3 cm³/mol. The van der Waals surface area contributed by atoms with Gasteiger partial charge in [0.25, 0.3) is 0 Å². The van der Waals surface area contributed by atoms with Crippen LogP contribution in [0, 0.1) is 11.8 Å². The first-order valence-electron chi connectivity index (χ1n) is 5.72. The summed E-state index contributed by atoms with van der Waals surface area (Å²) in [4.78, 5) is 8.00. The Morgan fingerprint density at radius 3 is 2.19 bits per heavy atom. The topological polar surface area (TPSA) is 37.8 Å². The number of nitrogens with zero attached hydrogens (tertiary/aromatic N) is 2. The number of rotatable bonds is 5. The Hall–Kier alpha value is -1.38. The van der Waals surface area contributed by atoms with Crippen LogP contribution in [-0.4, -0.2) is 16.0 Å². The number of nitrogens with one attached hydrogen (secondary N) is 1. The SMILES string of the molecule is C=C(C(C)C)[C@@H](Nc1cncnc1)C(C)C. The van der Waals surface area contributed by atoms with Crippen molar-refractivity contribution in [3.63, 3.8) is 0 Å². The van der Waals surface area contributed by atoms with Crippen LogP contribution >= 0.6 is 0 Å². The van der Waals surface area contributed by atoms with Crippen LogP contribution in [0.1, 0.15) is 27.7 Å². The molecule has 1 aromatic heterocycles. The molecule has 88 valence electrons. The van der Waals surface area contributed by atoms with E-state index in [0.717, 1.165) is 5.69 Å². The number of hydrogen-bond acceptors (Lipinski definition) is 3. The lowest BCUT2D eigenvalue weighted by molar-refractivity contribution is 0.535. The molecule has 0 aliphatic rings. The highest BCUT2D eigenvalue weighted by Gasteiger charge is 2.18. The lowest BCUT2D eigenvalue weighted by Crippen LogP contribution is -2.29. The first-order chi connectivity index (χ1) is 7.52. The number of aromatic nitrogens is 2. The van der Waals surface area contributed by atoms with Crippen molar-refractivity contribution in [2.75, 3.05) is 5.32 Å². The zero-order valence-corrected chi connectivity index (χ0v) is 10.6. The molecule has 0 aliphatic heterocycles. The molecule has 0 fully saturated rings. The summed E-state index contributed by atoms with van der Waals surface area (Å²) < 4.78 is 0. The van der Waals surface area contributed by atoms with E-state index in [1.54, 1.807) is 12.4 Å². The van der Waals surface area contributed by atoms with E-state index in [4.69, 9.17) is 0 Å². The molecule has 0 amide bonds. The fraction of sp³-hybridized carbons (Fsp3) is 0.538. The van der Waals surface area contributed by atoms with Crippen molar-refractivity contribution >= 4 is 5.69 Å². The van der Waals surface area contributed by atoms with Crippen molar-refractivity contribution in [2.45, 2.75) is 33.7 Å². The zero-order valence-electron chi connectivity index (χ0n) is 10.6. The van der Waals surface area contributed by atoms with E-state index in [2.05, 4.69) is 49.6 Å². The molecule has 0 saturated heterocycles. The van der Waals surface area contributed by atoms with Crippen molar-refractivity contribution in [3.05, 3.63) is 30.9 Å². The molecule has 16 heavy (non-hydrogen) atoms. The summed E-state index contributed by atoms with van der Waals surface area (Å²) in [6.07, 6.45) is 5.11. The maximum Gasteiger partial charge on any atom is 0.115 e. The maximum absolute atomic E-state index is 4.17. The van der Waals surface area contributed by atoms with Crippen molar-refractivity contribution in [3.8, 4) is 0 Å². The van der Waals surface area contributed by atoms with Gasteiger partial charge in [-0.15, -0.1) is 0 Å². The molecule has 0 aromatic carbocycles. The van der Waals surface area contributed by atoms with Gasteiger partial charge in [0.1, 0.15) is 6.33 Å². The van der Waals surface area contributed by atoms with Gasteiger partial charge >= 0.3 is 0 Å². The van der Waals surface area contributed by atoms with Crippen molar-refractivity contribution in [1.29, 1.82) is 0 Å². The first-order valence-corrected chi connectivity index (χ1v) is 5.72. The molecular weight excluding hydrogens is 198 g/mol. The summed E-state index contributed by atoms with van der Waals surface area (Å²) >= 11 is 0. The molecule has 0 aliphatic carbocycles. The average molecular weight is 219 g/mol. The van der Waals surface area contributed by atoms with E-state index < -0.39 is 0 Å². The Bertz CT molecular complexity index is 330. The van der Waals surface area contributed by atoms with Gasteiger partial charge in [0.15, 0.2) is 0 Å². The van der Waals surface area contributed by atoms with E-state index in [9.17, 15) is 0 Å². The largest absolute Gasteiger partial charge is 0.376 e. The molecule has 1 N–H and O–H groups in total. The summed E-state index contributed by atoms with van der Waals surface area (Å²) in [6.45, 7) is 12.9. The quantitative estimate of drug-likeness (QED) is 0.773. The highest BCUT2D eigenvalue weighted by Crippen LogP contribution is 2.21. The maximum atomic E-state index is 4.17. The minimum atomic E-state index is 0.269. The summed E-state index contributed by atoms with van der Waals surface area (Å²) in [5, 5.41) is 3.44. The van der Waals surface area contributed by atoms with Crippen molar-refractivity contribution < 1.29 is 0 Å². The Morgan fingerprint density at radius 1 is 1.19 bits per heavy atom. The molecule has 0 radical (unpaired) electrons. The molecule has 1 rings (SSSR count). The third kappa shape index (κ3) is 3.33. The van der Waals surface area contributed by atoms with Gasteiger partial charge in [0, 0.05) is 6.04 Å². The molecule has 0 spiro atoms. The van der Waals surface area contributed by atoms with E-state index in [-0.39, 0.29) is 6.04 Å². The normalized spacial score (nSPS) is 12.9. The molecule has 3 nitrogen and oxygen atoms in total. The second-order valence-corrected chi connectivity index (χ2v) is 4.72. The summed E-state index contributed by atoms with van der Waals surface area (Å²) in [7, 11) is 0. The van der Waals surface area contributed by atoms with E-state index in [1.807, 2.05) is 0 Å². The Balaban J connectivity index is 2.77. The third-order valence-electron chi connectivity index (χ3n) is 2.69. The molecule has 1 aromatic rings. The highest BCUT2D eigenvalue weighted by atomic mass is 15.0. The molecule has 1 heterocycles. The molecule has 1 atom stereocenters. The minimum absolute atomic E-state index is 0.269. The number of anilines is 1. The second-order valence-electron chi connectivity index (χ2n) is 4.72. The van der Waals surface area contributed by atoms with E-state index in [1.165, 1.54) is 11.9 Å². The van der Waals surface area contributed by atoms with Crippen molar-refractivity contribution in [1.82, 2.24) is 9.97 Å². The summed E-state index contributed by atoms with van der Waals surface area (Å²) in [5.74, 6) is 0.972. The molecule has 0 unspecified atom stereocenters. The molecule has 3 heteroatoms. The van der Waals surface area contributed by atoms with Crippen LogP contribution in [0.5, 0.6) is 0 Å². The van der Waals surface area contributed by atoms with Gasteiger partial charge in [-0.1, -0.05) is 39.8 Å². The van der Waals surface area contributed by atoms with Crippen molar-refractivity contribution in [2.24, 2.45) is 11.8 Å². The van der Waals surface area contributed by atoms with Crippen LogP contribution in [0.15, 0.2) is 30.9 Å². The summed E-state index contributed by atoms with van der Waals surface area (Å²) in [6, 6.07) is 0.269. The fourth-order valence-corrected chi connectivity index (χ4v) is 1.60. The van der Waals surface area contributed by atoms with E-state index in [0.29, 0.717) is 11.8 Å². The van der Waals surface area contributed by atoms with Gasteiger partial charge in [-0.05, 0) is 11.8 Å². The van der Waals surface area contributed by atoms with Crippen LogP contribution in [0.25, 0.3) is 0 Å². The van der Waals surface area contributed by atoms with Gasteiger partial charge in [0.2, 0.25) is 0 Å². The Labute approximate surface area is 98.0 Å². The summed E-state index contributed by atoms with van der Waals surface area (Å²) in [5.41, 5.74) is 2.17. The second kappa shape index (κ2) is 5.64. The predicted octanol–water partition coefficient (Wildman–Crippen LogP) is 3.13. The average Bonchev–Trinajstić information content (AvgIpc) is 2.26. The highest BCUT2D eigenvalue weighted by molar-refractivity contribution is 5.41. The Morgan fingerprint density at radius 2 is 1.75 bits per heavy atom. The smallest absolute Gasteiger partial charge is 0.115 e. The van der Waals surface area contributed by atoms with Crippen LogP contribution in [0.3, 0.4) is 0 Å². The van der Waals surface area contributed by atoms with Gasteiger partial charge in [-0.3, -0.25) is 0 Å². The molecule has 0 bridgehead atoms. The Kier molecular flexibility index (Phi) is 4.47. The van der Waals surface area contributed by atoms with Gasteiger partial charge in [-0.25, -0.2) is 9.97 Å². The molecule has 0 saturated carbocycles. The van der Waals surface area contributed by atoms with Crippen LogP contribution < -0.4 is 5.32 Å². The van der Waals surface area contributed by atoms with Crippen LogP contribution in [0.4, 0.5) is 5.69 Å². The first kappa shape index (κ1) is 12.7. The third-order valence-corrected chi connectivity index (χ3v) is 2.69. The minimum Gasteiger partial charge on any atom is -0.376 e. The van der Waals surface area contributed by atoms with E-state index >= 15 is 0 Å². The number of hydrogen-bond donors (Lipinski definition) is 1. The standard InChI is InChI=1S/C13H21N3/c1-9(2)11(5)13(10(3)4)16-12-6-14-8-15-7-12/h6-10,13,16H,5H2,1-4H3/t13-/m0/s1. The van der Waals surface area contributed by atoms with Gasteiger partial charge in [-0.2, -0.15) is 0 Å². The van der Waals surface area contributed by atoms with Gasteiger partial charge < -0.3 is 5.32 Å². The lowest BCUT2D eigenvalue weighted by atomic mass is 9.89. The van der Waals surface area contributed by atoms with Crippen LogP contribution in [-0.2, 0) is 0 Å². The van der Waals surface area contributed by atoms with Gasteiger partial charge in [0.05, 0.1) is 18.1 Å². The fourth-order valence-electron chi connectivity index (χ4n) is 1.60. The molecular formula is C13H21N3.